The van der Waals surface area contributed by atoms with Crippen molar-refractivity contribution in [1.29, 1.82) is 0 Å². The monoisotopic (exact) mass is 440 g/mol. The molecular formula is C22H28N6O4. The lowest BCUT2D eigenvalue weighted by Gasteiger charge is -2.41. The predicted molar refractivity (Wildman–Crippen MR) is 117 cm³/mol. The molecule has 10 nitrogen and oxygen atoms in total. The second-order valence-electron chi connectivity index (χ2n) is 9.13. The van der Waals surface area contributed by atoms with Crippen LogP contribution >= 0.6 is 0 Å². The van der Waals surface area contributed by atoms with Crippen molar-refractivity contribution in [3.8, 4) is 0 Å². The molecule has 10 heteroatoms. The van der Waals surface area contributed by atoms with Crippen LogP contribution in [-0.2, 0) is 21.0 Å². The molecule has 2 fully saturated rings. The van der Waals surface area contributed by atoms with Crippen LogP contribution < -0.4 is 16.1 Å². The Morgan fingerprint density at radius 1 is 1.34 bits per heavy atom. The SMILES string of the molecule is CCn1nc(C)c2c(NC3CC(C(=O)O)C3)c(C3=CC4(CC(NC(C)=O)C4)ON3)cnc21. The number of carboxylic acids is 1. The first-order chi connectivity index (χ1) is 15.3. The van der Waals surface area contributed by atoms with E-state index < -0.39 is 11.6 Å². The average Bonchev–Trinajstić information content (AvgIpc) is 3.25. The molecule has 2 aromatic heterocycles. The van der Waals surface area contributed by atoms with Crippen LogP contribution in [0.3, 0.4) is 0 Å². The Bertz CT molecular complexity index is 1130. The topological polar surface area (TPSA) is 130 Å². The van der Waals surface area contributed by atoms with E-state index in [1.54, 1.807) is 0 Å². The fourth-order valence-electron chi connectivity index (χ4n) is 5.01. The number of hydrogen-bond acceptors (Lipinski definition) is 7. The molecular weight excluding hydrogens is 412 g/mol. The molecule has 4 N–H and O–H groups in total. The summed E-state index contributed by atoms with van der Waals surface area (Å²) in [5, 5.41) is 21.3. The van der Waals surface area contributed by atoms with Crippen molar-refractivity contribution in [3.63, 3.8) is 0 Å². The zero-order chi connectivity index (χ0) is 22.6. The first-order valence-electron chi connectivity index (χ1n) is 11.1. The number of carboxylic acid groups (broad SMARTS) is 1. The zero-order valence-electron chi connectivity index (χ0n) is 18.4. The van der Waals surface area contributed by atoms with E-state index >= 15 is 0 Å². The molecule has 1 spiro atoms. The standard InChI is InChI=1S/C22H28N6O4/c1-4-28-20-18(11(2)26-28)19(25-14-5-13(6-14)21(30)31)16(10-23-20)17-9-22(32-27-17)7-15(8-22)24-12(3)29/h9-10,13-15,27H,4-8H2,1-3H3,(H,23,25)(H,24,29)(H,30,31). The molecule has 0 radical (unpaired) electrons. The minimum Gasteiger partial charge on any atom is -0.481 e. The van der Waals surface area contributed by atoms with Crippen LogP contribution in [0.1, 0.15) is 50.8 Å². The van der Waals surface area contributed by atoms with Crippen LogP contribution in [-0.4, -0.2) is 49.4 Å². The number of hydroxylamine groups is 1. The predicted octanol–water partition coefficient (Wildman–Crippen LogP) is 1.95. The molecule has 0 saturated heterocycles. The van der Waals surface area contributed by atoms with Gasteiger partial charge in [-0.2, -0.15) is 5.10 Å². The molecule has 2 aromatic rings. The highest BCUT2D eigenvalue weighted by Gasteiger charge is 2.48. The van der Waals surface area contributed by atoms with Crippen molar-refractivity contribution in [2.75, 3.05) is 5.32 Å². The number of nitrogens with zero attached hydrogens (tertiary/aromatic N) is 3. The highest BCUT2D eigenvalue weighted by molar-refractivity contribution is 5.98. The fraction of sp³-hybridized carbons (Fsp3) is 0.545. The van der Waals surface area contributed by atoms with Crippen LogP contribution in [0, 0.1) is 12.8 Å². The third-order valence-corrected chi connectivity index (χ3v) is 6.72. The van der Waals surface area contributed by atoms with Gasteiger partial charge in [0.05, 0.1) is 28.4 Å². The van der Waals surface area contributed by atoms with Gasteiger partial charge in [-0.1, -0.05) is 0 Å². The van der Waals surface area contributed by atoms with Gasteiger partial charge in [-0.3, -0.25) is 19.9 Å². The van der Waals surface area contributed by atoms with Crippen molar-refractivity contribution < 1.29 is 19.5 Å². The Hall–Kier alpha value is -3.14. The maximum absolute atomic E-state index is 11.3. The van der Waals surface area contributed by atoms with Crippen molar-refractivity contribution in [3.05, 3.63) is 23.5 Å². The third-order valence-electron chi connectivity index (χ3n) is 6.72. The molecule has 0 bridgehead atoms. The van der Waals surface area contributed by atoms with Gasteiger partial charge < -0.3 is 15.7 Å². The van der Waals surface area contributed by atoms with Gasteiger partial charge in [0, 0.05) is 50.2 Å². The van der Waals surface area contributed by atoms with E-state index in [4.69, 9.17) is 9.82 Å². The van der Waals surface area contributed by atoms with E-state index in [0.29, 0.717) is 32.2 Å². The van der Waals surface area contributed by atoms with Crippen molar-refractivity contribution >= 4 is 34.3 Å². The number of fused-ring (bicyclic) bond motifs is 1. The minimum atomic E-state index is -0.743. The van der Waals surface area contributed by atoms with Crippen LogP contribution in [0.15, 0.2) is 12.3 Å². The van der Waals surface area contributed by atoms with E-state index in [1.165, 1.54) is 6.92 Å². The van der Waals surface area contributed by atoms with E-state index in [9.17, 15) is 14.7 Å². The molecule has 3 heterocycles. The lowest BCUT2D eigenvalue weighted by molar-refractivity contribution is -0.144. The van der Waals surface area contributed by atoms with Crippen LogP contribution in [0.4, 0.5) is 5.69 Å². The number of nitrogens with one attached hydrogen (secondary N) is 3. The number of rotatable bonds is 6. The smallest absolute Gasteiger partial charge is 0.306 e. The van der Waals surface area contributed by atoms with E-state index in [0.717, 1.165) is 33.7 Å². The molecule has 0 unspecified atom stereocenters. The first kappa shape index (κ1) is 20.7. The molecule has 1 amide bonds. The normalized spacial score (nSPS) is 28.6. The summed E-state index contributed by atoms with van der Waals surface area (Å²) in [4.78, 5) is 33.2. The summed E-state index contributed by atoms with van der Waals surface area (Å²) < 4.78 is 1.87. The van der Waals surface area contributed by atoms with E-state index in [2.05, 4.69) is 27.3 Å². The number of hydrogen-bond donors (Lipinski definition) is 4. The zero-order valence-corrected chi connectivity index (χ0v) is 18.4. The minimum absolute atomic E-state index is 0.0373. The Balaban J connectivity index is 1.48. The number of aromatic nitrogens is 3. The average molecular weight is 441 g/mol. The quantitative estimate of drug-likeness (QED) is 0.536. The lowest BCUT2D eigenvalue weighted by Crippen LogP contribution is -2.54. The summed E-state index contributed by atoms with van der Waals surface area (Å²) in [7, 11) is 0. The summed E-state index contributed by atoms with van der Waals surface area (Å²) in [6, 6.07) is 0.186. The second kappa shape index (κ2) is 7.47. The Labute approximate surface area is 185 Å². The van der Waals surface area contributed by atoms with E-state index in [1.807, 2.05) is 24.7 Å². The number of amides is 1. The number of pyridine rings is 1. The van der Waals surface area contributed by atoms with Gasteiger partial charge in [-0.15, -0.1) is 0 Å². The Morgan fingerprint density at radius 2 is 2.09 bits per heavy atom. The maximum Gasteiger partial charge on any atom is 0.306 e. The second-order valence-corrected chi connectivity index (χ2v) is 9.13. The highest BCUT2D eigenvalue weighted by Crippen LogP contribution is 2.44. The van der Waals surface area contributed by atoms with Gasteiger partial charge in [-0.25, -0.2) is 9.67 Å². The lowest BCUT2D eigenvalue weighted by atomic mass is 9.75. The summed E-state index contributed by atoms with van der Waals surface area (Å²) >= 11 is 0. The van der Waals surface area contributed by atoms with Crippen LogP contribution in [0.2, 0.25) is 0 Å². The molecule has 0 atom stereocenters. The molecule has 170 valence electrons. The van der Waals surface area contributed by atoms with Gasteiger partial charge in [0.15, 0.2) is 5.65 Å². The molecule has 0 aromatic carbocycles. The fourth-order valence-corrected chi connectivity index (χ4v) is 5.01. The number of carbonyl (C=O) groups excluding carboxylic acids is 1. The molecule has 3 aliphatic rings. The summed E-state index contributed by atoms with van der Waals surface area (Å²) in [6.07, 6.45) is 6.47. The molecule has 5 rings (SSSR count). The number of aryl methyl sites for hydroxylation is 2. The van der Waals surface area contributed by atoms with Gasteiger partial charge in [0.25, 0.3) is 0 Å². The molecule has 32 heavy (non-hydrogen) atoms. The Kier molecular flexibility index (Phi) is 4.85. The van der Waals surface area contributed by atoms with E-state index in [-0.39, 0.29) is 23.9 Å². The van der Waals surface area contributed by atoms with Crippen LogP contribution in [0.25, 0.3) is 16.7 Å². The summed E-state index contributed by atoms with van der Waals surface area (Å²) in [6.45, 7) is 6.22. The highest BCUT2D eigenvalue weighted by atomic mass is 16.7. The summed E-state index contributed by atoms with van der Waals surface area (Å²) in [5.41, 5.74) is 6.89. The maximum atomic E-state index is 11.3. The molecule has 2 saturated carbocycles. The Morgan fingerprint density at radius 3 is 2.75 bits per heavy atom. The number of aliphatic carboxylic acids is 1. The number of anilines is 1. The van der Waals surface area contributed by atoms with Gasteiger partial charge in [0.1, 0.15) is 5.60 Å². The first-order valence-corrected chi connectivity index (χ1v) is 11.1. The van der Waals surface area contributed by atoms with Gasteiger partial charge in [-0.05, 0) is 32.8 Å². The molecule has 2 aliphatic carbocycles. The molecule has 1 aliphatic heterocycles. The van der Waals surface area contributed by atoms with Gasteiger partial charge >= 0.3 is 5.97 Å². The third kappa shape index (κ3) is 3.38. The van der Waals surface area contributed by atoms with Crippen molar-refractivity contribution in [2.45, 2.75) is 70.7 Å². The number of carbonyl (C=O) groups is 2. The summed E-state index contributed by atoms with van der Waals surface area (Å²) in [5.74, 6) is -1.08. The van der Waals surface area contributed by atoms with Gasteiger partial charge in [0.2, 0.25) is 5.91 Å². The van der Waals surface area contributed by atoms with Crippen LogP contribution in [0.5, 0.6) is 0 Å². The van der Waals surface area contributed by atoms with Crippen molar-refractivity contribution in [2.24, 2.45) is 5.92 Å². The van der Waals surface area contributed by atoms with Crippen molar-refractivity contribution in [1.82, 2.24) is 25.6 Å². The largest absolute Gasteiger partial charge is 0.481 e.